The van der Waals surface area contributed by atoms with Gasteiger partial charge in [0.15, 0.2) is 4.80 Å². The maximum Gasteiger partial charge on any atom is 0.338 e. The van der Waals surface area contributed by atoms with Crippen LogP contribution >= 0.6 is 46.1 Å². The number of esters is 1. The lowest BCUT2D eigenvalue weighted by atomic mass is 9.96. The Balaban J connectivity index is 1.97. The highest BCUT2D eigenvalue weighted by Crippen LogP contribution is 2.31. The Morgan fingerprint density at radius 1 is 1.13 bits per heavy atom. The number of halogens is 3. The molecule has 0 saturated carbocycles. The molecule has 0 unspecified atom stereocenters. The van der Waals surface area contributed by atoms with Crippen molar-refractivity contribution in [3.63, 3.8) is 0 Å². The molecule has 1 atom stereocenters. The van der Waals surface area contributed by atoms with Crippen LogP contribution in [0, 0.1) is 0 Å². The van der Waals surface area contributed by atoms with Crippen LogP contribution in [0.2, 0.25) is 15.1 Å². The van der Waals surface area contributed by atoms with Gasteiger partial charge in [-0.3, -0.25) is 9.36 Å². The number of hydrogen-bond donors (Lipinski definition) is 0. The zero-order chi connectivity index (χ0) is 22.3. The Morgan fingerprint density at radius 2 is 1.84 bits per heavy atom. The van der Waals surface area contributed by atoms with E-state index in [9.17, 15) is 9.59 Å². The molecule has 1 aliphatic heterocycles. The van der Waals surface area contributed by atoms with Crippen molar-refractivity contribution in [1.82, 2.24) is 4.57 Å². The molecule has 2 heterocycles. The second kappa shape index (κ2) is 8.63. The Morgan fingerprint density at radius 3 is 2.48 bits per heavy atom. The van der Waals surface area contributed by atoms with Crippen LogP contribution in [0.25, 0.3) is 6.08 Å². The fraction of sp³-hybridized carbons (Fsp3) is 0.136. The highest BCUT2D eigenvalue weighted by Gasteiger charge is 2.33. The predicted octanol–water partition coefficient (Wildman–Crippen LogP) is 4.37. The van der Waals surface area contributed by atoms with Crippen LogP contribution in [-0.2, 0) is 9.53 Å². The van der Waals surface area contributed by atoms with E-state index >= 15 is 0 Å². The normalized spacial score (nSPS) is 16.2. The smallest absolute Gasteiger partial charge is 0.338 e. The van der Waals surface area contributed by atoms with Gasteiger partial charge in [-0.15, -0.1) is 0 Å². The summed E-state index contributed by atoms with van der Waals surface area (Å²) in [5, 5.41) is 1.38. The van der Waals surface area contributed by atoms with Crippen molar-refractivity contribution in [1.29, 1.82) is 0 Å². The molecule has 3 aromatic rings. The number of allylic oxidation sites excluding steroid dienone is 1. The Labute approximate surface area is 196 Å². The molecule has 2 aromatic carbocycles. The minimum atomic E-state index is -0.683. The third kappa shape index (κ3) is 4.08. The van der Waals surface area contributed by atoms with Crippen LogP contribution < -0.4 is 14.9 Å². The fourth-order valence-electron chi connectivity index (χ4n) is 3.41. The molecular formula is C22H15Cl3N2O3S. The zero-order valence-corrected chi connectivity index (χ0v) is 19.4. The number of nitrogens with zero attached hydrogens (tertiary/aromatic N) is 2. The average Bonchev–Trinajstić information content (AvgIpc) is 3.04. The van der Waals surface area contributed by atoms with Gasteiger partial charge in [-0.25, -0.2) is 9.79 Å². The minimum Gasteiger partial charge on any atom is -0.466 e. The second-order valence-electron chi connectivity index (χ2n) is 6.80. The van der Waals surface area contributed by atoms with Crippen molar-refractivity contribution in [3.8, 4) is 0 Å². The van der Waals surface area contributed by atoms with Gasteiger partial charge in [0, 0.05) is 5.02 Å². The number of methoxy groups -OCH3 is 1. The van der Waals surface area contributed by atoms with Gasteiger partial charge in [-0.2, -0.15) is 0 Å². The molecular weight excluding hydrogens is 479 g/mol. The number of ether oxygens (including phenoxy) is 1. The molecule has 0 radical (unpaired) electrons. The number of aromatic nitrogens is 1. The summed E-state index contributed by atoms with van der Waals surface area (Å²) in [6.45, 7) is 1.73. The number of thiazole rings is 1. The van der Waals surface area contributed by atoms with Crippen molar-refractivity contribution in [2.24, 2.45) is 4.99 Å². The van der Waals surface area contributed by atoms with Crippen molar-refractivity contribution >= 4 is 58.2 Å². The SMILES string of the molecule is COC(=O)C1=C(C)N=c2s/c(=C\c3ccc(Cl)c(Cl)c3)c(=O)n2[C@@H]1c1ccc(Cl)cc1. The summed E-state index contributed by atoms with van der Waals surface area (Å²) < 4.78 is 6.95. The lowest BCUT2D eigenvalue weighted by Crippen LogP contribution is -2.39. The lowest BCUT2D eigenvalue weighted by molar-refractivity contribution is -0.136. The molecule has 1 aromatic heterocycles. The van der Waals surface area contributed by atoms with E-state index in [0.29, 0.717) is 35.7 Å². The summed E-state index contributed by atoms with van der Waals surface area (Å²) in [4.78, 5) is 31.0. The minimum absolute atomic E-state index is 0.274. The van der Waals surface area contributed by atoms with Crippen molar-refractivity contribution in [2.75, 3.05) is 7.11 Å². The average molecular weight is 494 g/mol. The highest BCUT2D eigenvalue weighted by atomic mass is 35.5. The molecule has 158 valence electrons. The largest absolute Gasteiger partial charge is 0.466 e. The molecule has 5 nitrogen and oxygen atoms in total. The van der Waals surface area contributed by atoms with E-state index in [1.807, 2.05) is 0 Å². The predicted molar refractivity (Wildman–Crippen MR) is 124 cm³/mol. The van der Waals surface area contributed by atoms with Gasteiger partial charge in [0.2, 0.25) is 0 Å². The summed E-state index contributed by atoms with van der Waals surface area (Å²) in [5.41, 5.74) is 1.98. The Hall–Kier alpha value is -2.38. The first-order chi connectivity index (χ1) is 14.8. The molecule has 0 fully saturated rings. The number of hydrogen-bond acceptors (Lipinski definition) is 5. The fourth-order valence-corrected chi connectivity index (χ4v) is 4.89. The van der Waals surface area contributed by atoms with E-state index in [1.54, 1.807) is 55.5 Å². The first-order valence-electron chi connectivity index (χ1n) is 9.11. The molecule has 31 heavy (non-hydrogen) atoms. The number of benzene rings is 2. The van der Waals surface area contributed by atoms with Gasteiger partial charge < -0.3 is 4.74 Å². The maximum absolute atomic E-state index is 13.4. The molecule has 4 rings (SSSR count). The molecule has 0 amide bonds. The van der Waals surface area contributed by atoms with Gasteiger partial charge in [-0.05, 0) is 48.4 Å². The van der Waals surface area contributed by atoms with E-state index in [2.05, 4.69) is 4.99 Å². The number of fused-ring (bicyclic) bond motifs is 1. The standard InChI is InChI=1S/C22H15Cl3N2O3S/c1-11-18(21(29)30-2)19(13-4-6-14(23)7-5-13)27-20(28)17(31-22(27)26-11)10-12-3-8-15(24)16(25)9-12/h3-10,19H,1-2H3/b17-10-/t19-/m1/s1. The zero-order valence-electron chi connectivity index (χ0n) is 16.4. The van der Waals surface area contributed by atoms with Crippen LogP contribution in [0.15, 0.2) is 63.5 Å². The van der Waals surface area contributed by atoms with E-state index in [1.165, 1.54) is 23.0 Å². The summed E-state index contributed by atoms with van der Waals surface area (Å²) in [6, 6.07) is 11.4. The summed E-state index contributed by atoms with van der Waals surface area (Å²) in [6.07, 6.45) is 1.72. The molecule has 0 bridgehead atoms. The van der Waals surface area contributed by atoms with E-state index < -0.39 is 12.0 Å². The maximum atomic E-state index is 13.4. The van der Waals surface area contributed by atoms with Gasteiger partial charge >= 0.3 is 5.97 Å². The number of carbonyl (C=O) groups is 1. The summed E-state index contributed by atoms with van der Waals surface area (Å²) in [5.74, 6) is -0.542. The monoisotopic (exact) mass is 492 g/mol. The van der Waals surface area contributed by atoms with Crippen LogP contribution in [0.5, 0.6) is 0 Å². The molecule has 0 saturated heterocycles. The molecule has 0 aliphatic carbocycles. The van der Waals surface area contributed by atoms with Crippen LogP contribution in [0.1, 0.15) is 24.1 Å². The third-order valence-corrected chi connectivity index (χ3v) is 6.83. The van der Waals surface area contributed by atoms with Crippen molar-refractivity contribution in [2.45, 2.75) is 13.0 Å². The molecule has 9 heteroatoms. The van der Waals surface area contributed by atoms with Crippen LogP contribution in [0.3, 0.4) is 0 Å². The van der Waals surface area contributed by atoms with Gasteiger partial charge in [0.05, 0.1) is 39.0 Å². The number of rotatable bonds is 3. The number of carbonyl (C=O) groups excluding carboxylic acids is 1. The van der Waals surface area contributed by atoms with Crippen molar-refractivity contribution in [3.05, 3.63) is 99.6 Å². The lowest BCUT2D eigenvalue weighted by Gasteiger charge is -2.24. The first kappa shape index (κ1) is 21.8. The molecule has 0 N–H and O–H groups in total. The third-order valence-electron chi connectivity index (χ3n) is 4.85. The van der Waals surface area contributed by atoms with Gasteiger partial charge in [0.25, 0.3) is 5.56 Å². The van der Waals surface area contributed by atoms with Gasteiger partial charge in [0.1, 0.15) is 0 Å². The topological polar surface area (TPSA) is 60.7 Å². The Bertz CT molecular complexity index is 1410. The second-order valence-corrected chi connectivity index (χ2v) is 9.06. The van der Waals surface area contributed by atoms with Crippen LogP contribution in [-0.4, -0.2) is 17.6 Å². The molecule has 0 spiro atoms. The quantitative estimate of drug-likeness (QED) is 0.509. The van der Waals surface area contributed by atoms with E-state index in [-0.39, 0.29) is 5.56 Å². The van der Waals surface area contributed by atoms with E-state index in [0.717, 1.165) is 11.1 Å². The molecule has 1 aliphatic rings. The summed E-state index contributed by atoms with van der Waals surface area (Å²) >= 11 is 19.4. The van der Waals surface area contributed by atoms with E-state index in [4.69, 9.17) is 39.5 Å². The van der Waals surface area contributed by atoms with Crippen molar-refractivity contribution < 1.29 is 9.53 Å². The Kier molecular flexibility index (Phi) is 6.08. The van der Waals surface area contributed by atoms with Crippen LogP contribution in [0.4, 0.5) is 0 Å². The van der Waals surface area contributed by atoms with Gasteiger partial charge in [-0.1, -0.05) is 64.3 Å². The summed E-state index contributed by atoms with van der Waals surface area (Å²) in [7, 11) is 1.30. The first-order valence-corrected chi connectivity index (χ1v) is 11.1. The highest BCUT2D eigenvalue weighted by molar-refractivity contribution is 7.07.